The number of anilines is 1. The number of imidazole rings is 1. The van der Waals surface area contributed by atoms with Crippen molar-refractivity contribution in [3.8, 4) is 0 Å². The van der Waals surface area contributed by atoms with E-state index in [1.807, 2.05) is 0 Å². The Hall–Kier alpha value is -3.21. The van der Waals surface area contributed by atoms with E-state index >= 15 is 0 Å². The average molecular weight is 510 g/mol. The van der Waals surface area contributed by atoms with E-state index in [1.165, 1.54) is 41.3 Å². The van der Waals surface area contributed by atoms with E-state index in [0.717, 1.165) is 39.1 Å². The Morgan fingerprint density at radius 2 is 1.83 bits per heavy atom. The summed E-state index contributed by atoms with van der Waals surface area (Å²) < 4.78 is 35.7. The van der Waals surface area contributed by atoms with Crippen molar-refractivity contribution in [1.82, 2.24) is 19.2 Å². The minimum absolute atomic E-state index is 0.133. The first-order chi connectivity index (χ1) is 17.2. The van der Waals surface area contributed by atoms with Crippen molar-refractivity contribution < 1.29 is 12.8 Å². The highest BCUT2D eigenvalue weighted by molar-refractivity contribution is 7.89. The average Bonchev–Trinajstić information content (AvgIpc) is 3.26. The highest BCUT2D eigenvalue weighted by Gasteiger charge is 2.20. The molecule has 10 heteroatoms. The summed E-state index contributed by atoms with van der Waals surface area (Å²) in [5.41, 5.74) is 4.40. The zero-order valence-corrected chi connectivity index (χ0v) is 21.6. The van der Waals surface area contributed by atoms with Crippen LogP contribution >= 0.6 is 0 Å². The van der Waals surface area contributed by atoms with Gasteiger partial charge in [0.05, 0.1) is 16.7 Å². The predicted octanol–water partition coefficient (Wildman–Crippen LogP) is 2.79. The number of nitrogens with zero attached hydrogens (tertiary/aromatic N) is 4. The molecule has 9 nitrogen and oxygen atoms in total. The summed E-state index contributed by atoms with van der Waals surface area (Å²) in [4.78, 5) is 21.2. The number of aryl methyl sites for hydroxylation is 3. The summed E-state index contributed by atoms with van der Waals surface area (Å²) in [6, 6.07) is 11.1. The molecule has 1 aliphatic heterocycles. The highest BCUT2D eigenvalue weighted by Crippen LogP contribution is 2.25. The van der Waals surface area contributed by atoms with Crippen LogP contribution in [0.15, 0.2) is 56.8 Å². The molecule has 2 aromatic heterocycles. The molecule has 0 bridgehead atoms. The lowest BCUT2D eigenvalue weighted by molar-refractivity contribution is 0.255. The number of sulfonamides is 1. The normalized spacial score (nSPS) is 15.2. The molecule has 0 aliphatic carbocycles. The first kappa shape index (κ1) is 24.5. The molecular weight excluding hydrogens is 478 g/mol. The quantitative estimate of drug-likeness (QED) is 0.302. The summed E-state index contributed by atoms with van der Waals surface area (Å²) >= 11 is 0. The van der Waals surface area contributed by atoms with Crippen molar-refractivity contribution in [2.75, 3.05) is 44.2 Å². The van der Waals surface area contributed by atoms with Crippen molar-refractivity contribution in [2.24, 2.45) is 7.05 Å². The Bertz CT molecular complexity index is 1580. The van der Waals surface area contributed by atoms with Gasteiger partial charge in [0.15, 0.2) is 5.52 Å². The molecule has 1 saturated heterocycles. The summed E-state index contributed by atoms with van der Waals surface area (Å²) in [5.74, 6) is 0. The molecule has 0 radical (unpaired) electrons. The molecule has 1 N–H and O–H groups in total. The predicted molar refractivity (Wildman–Crippen MR) is 141 cm³/mol. The third-order valence-electron chi connectivity index (χ3n) is 6.87. The van der Waals surface area contributed by atoms with Gasteiger partial charge in [-0.1, -0.05) is 12.1 Å². The lowest BCUT2D eigenvalue weighted by atomic mass is 10.1. The van der Waals surface area contributed by atoms with Crippen molar-refractivity contribution in [3.63, 3.8) is 0 Å². The fourth-order valence-corrected chi connectivity index (χ4v) is 5.96. The minimum atomic E-state index is -3.71. The van der Waals surface area contributed by atoms with Gasteiger partial charge in [0.25, 0.3) is 0 Å². The van der Waals surface area contributed by atoms with Gasteiger partial charge in [-0.3, -0.25) is 4.90 Å². The Kier molecular flexibility index (Phi) is 6.59. The largest absolute Gasteiger partial charge is 0.421 e. The van der Waals surface area contributed by atoms with E-state index in [0.29, 0.717) is 23.0 Å². The Balaban J connectivity index is 1.18. The summed E-state index contributed by atoms with van der Waals surface area (Å²) in [6.45, 7) is 9.29. The van der Waals surface area contributed by atoms with E-state index < -0.39 is 15.6 Å². The van der Waals surface area contributed by atoms with Crippen molar-refractivity contribution in [2.45, 2.75) is 25.2 Å². The zero-order valence-electron chi connectivity index (χ0n) is 20.8. The monoisotopic (exact) mass is 509 g/mol. The molecule has 5 rings (SSSR count). The summed E-state index contributed by atoms with van der Waals surface area (Å²) in [7, 11) is -1.95. The molecule has 190 valence electrons. The second-order valence-electron chi connectivity index (χ2n) is 9.47. The van der Waals surface area contributed by atoms with Gasteiger partial charge in [0, 0.05) is 50.8 Å². The number of piperazine rings is 1. The maximum atomic E-state index is 13.0. The van der Waals surface area contributed by atoms with Gasteiger partial charge in [-0.25, -0.2) is 22.9 Å². The van der Waals surface area contributed by atoms with Crippen LogP contribution in [0.25, 0.3) is 22.0 Å². The molecule has 4 aromatic rings. The topological polar surface area (TPSA) is 101 Å². The summed E-state index contributed by atoms with van der Waals surface area (Å²) in [5, 5.41) is 0.536. The van der Waals surface area contributed by atoms with Crippen LogP contribution in [0.4, 0.5) is 5.69 Å². The van der Waals surface area contributed by atoms with Crippen LogP contribution in [-0.4, -0.2) is 62.1 Å². The van der Waals surface area contributed by atoms with E-state index in [4.69, 9.17) is 4.42 Å². The Morgan fingerprint density at radius 3 is 2.61 bits per heavy atom. The van der Waals surface area contributed by atoms with Crippen LogP contribution < -0.4 is 15.2 Å². The smallest absolute Gasteiger partial charge is 0.364 e. The SMILES string of the molecule is Cc1ccc(C)c(N2CCN(CCCNS(=O)(=O)c3ccc4oc(=O)c5ncn(C)c5c4c3)CC2)c1. The van der Waals surface area contributed by atoms with E-state index in [-0.39, 0.29) is 10.4 Å². The van der Waals surface area contributed by atoms with Gasteiger partial charge in [0.2, 0.25) is 10.0 Å². The maximum Gasteiger partial charge on any atom is 0.364 e. The first-order valence-electron chi connectivity index (χ1n) is 12.1. The number of hydrogen-bond donors (Lipinski definition) is 1. The van der Waals surface area contributed by atoms with Gasteiger partial charge >= 0.3 is 5.63 Å². The third-order valence-corrected chi connectivity index (χ3v) is 8.33. The van der Waals surface area contributed by atoms with Gasteiger partial charge in [-0.15, -0.1) is 0 Å². The summed E-state index contributed by atoms with van der Waals surface area (Å²) in [6.07, 6.45) is 2.24. The van der Waals surface area contributed by atoms with Gasteiger partial charge < -0.3 is 13.9 Å². The van der Waals surface area contributed by atoms with Crippen LogP contribution in [0, 0.1) is 13.8 Å². The molecule has 0 amide bonds. The molecule has 1 aliphatic rings. The zero-order chi connectivity index (χ0) is 25.4. The number of aromatic nitrogens is 2. The molecule has 0 spiro atoms. The van der Waals surface area contributed by atoms with E-state index in [1.54, 1.807) is 11.6 Å². The molecule has 1 fully saturated rings. The van der Waals surface area contributed by atoms with E-state index in [2.05, 4.69) is 51.6 Å². The third kappa shape index (κ3) is 4.76. The van der Waals surface area contributed by atoms with Gasteiger partial charge in [-0.2, -0.15) is 0 Å². The number of benzene rings is 2. The lowest BCUT2D eigenvalue weighted by Crippen LogP contribution is -2.47. The van der Waals surface area contributed by atoms with Crippen molar-refractivity contribution in [3.05, 3.63) is 64.3 Å². The Morgan fingerprint density at radius 1 is 1.06 bits per heavy atom. The fraction of sp³-hybridized carbons (Fsp3) is 0.385. The second-order valence-corrected chi connectivity index (χ2v) is 11.2. The number of fused-ring (bicyclic) bond motifs is 3. The van der Waals surface area contributed by atoms with Crippen LogP contribution in [0.5, 0.6) is 0 Å². The minimum Gasteiger partial charge on any atom is -0.421 e. The molecule has 0 unspecified atom stereocenters. The van der Waals surface area contributed by atoms with Crippen LogP contribution in [-0.2, 0) is 17.1 Å². The standard InChI is InChI=1S/C26H31N5O4S/c1-18-5-6-19(2)22(15-18)31-13-11-30(12-14-31)10-4-9-28-36(33,34)20-7-8-23-21(16-20)25-24(26(32)35-23)27-17-29(25)3/h5-8,15-17,28H,4,9-14H2,1-3H3. The second kappa shape index (κ2) is 9.68. The molecule has 2 aromatic carbocycles. The first-order valence-corrected chi connectivity index (χ1v) is 13.6. The number of hydrogen-bond acceptors (Lipinski definition) is 7. The fourth-order valence-electron chi connectivity index (χ4n) is 4.86. The van der Waals surface area contributed by atoms with Crippen molar-refractivity contribution >= 4 is 37.7 Å². The molecule has 0 saturated carbocycles. The number of rotatable bonds is 7. The lowest BCUT2D eigenvalue weighted by Gasteiger charge is -2.37. The molecule has 0 atom stereocenters. The van der Waals surface area contributed by atoms with Gasteiger partial charge in [0.1, 0.15) is 5.58 Å². The molecular formula is C26H31N5O4S. The highest BCUT2D eigenvalue weighted by atomic mass is 32.2. The van der Waals surface area contributed by atoms with Crippen LogP contribution in [0.2, 0.25) is 0 Å². The van der Waals surface area contributed by atoms with E-state index in [9.17, 15) is 13.2 Å². The molecule has 36 heavy (non-hydrogen) atoms. The Labute approximate surface area is 210 Å². The maximum absolute atomic E-state index is 13.0. The van der Waals surface area contributed by atoms with Gasteiger partial charge in [-0.05, 0) is 62.2 Å². The number of nitrogens with one attached hydrogen (secondary N) is 1. The van der Waals surface area contributed by atoms with Crippen molar-refractivity contribution in [1.29, 1.82) is 0 Å². The van der Waals surface area contributed by atoms with Crippen LogP contribution in [0.3, 0.4) is 0 Å². The van der Waals surface area contributed by atoms with Crippen LogP contribution in [0.1, 0.15) is 17.5 Å². The molecule has 3 heterocycles.